The fraction of sp³-hybridized carbons (Fsp3) is 0.700. The molecule has 0 aromatic carbocycles. The van der Waals surface area contributed by atoms with Gasteiger partial charge < -0.3 is 24.4 Å². The van der Waals surface area contributed by atoms with E-state index < -0.39 is 12.3 Å². The molecule has 0 saturated heterocycles. The van der Waals surface area contributed by atoms with Gasteiger partial charge in [-0.25, -0.2) is 4.79 Å². The first-order valence-electron chi connectivity index (χ1n) is 4.97. The summed E-state index contributed by atoms with van der Waals surface area (Å²) in [5.41, 5.74) is 0. The van der Waals surface area contributed by atoms with Gasteiger partial charge in [0.25, 0.3) is 0 Å². The Kier molecular flexibility index (Phi) is 9.69. The molecule has 16 heavy (non-hydrogen) atoms. The minimum Gasteiger partial charge on any atom is -0.450 e. The van der Waals surface area contributed by atoms with Crippen LogP contribution < -0.4 is 0 Å². The maximum absolute atomic E-state index is 10.3. The van der Waals surface area contributed by atoms with E-state index in [-0.39, 0.29) is 19.8 Å². The molecule has 0 heterocycles. The maximum atomic E-state index is 10.3. The van der Waals surface area contributed by atoms with Crippen molar-refractivity contribution in [3.63, 3.8) is 0 Å². The van der Waals surface area contributed by atoms with Crippen LogP contribution in [0.2, 0.25) is 0 Å². The highest BCUT2D eigenvalue weighted by atomic mass is 16.7. The van der Waals surface area contributed by atoms with E-state index in [9.17, 15) is 4.79 Å². The molecule has 0 aliphatic rings. The van der Waals surface area contributed by atoms with Gasteiger partial charge in [-0.1, -0.05) is 6.08 Å². The number of hydrogen-bond acceptors (Lipinski definition) is 5. The van der Waals surface area contributed by atoms with E-state index in [1.807, 2.05) is 0 Å². The first-order valence-corrected chi connectivity index (χ1v) is 4.97. The number of carboxylic acid groups (broad SMARTS) is 1. The molecule has 6 nitrogen and oxygen atoms in total. The van der Waals surface area contributed by atoms with E-state index in [1.54, 1.807) is 6.08 Å². The van der Waals surface area contributed by atoms with Crippen LogP contribution in [-0.2, 0) is 14.2 Å². The lowest BCUT2D eigenvalue weighted by molar-refractivity contribution is -0.0196. The Balaban J connectivity index is 3.51. The Morgan fingerprint density at radius 2 is 2.00 bits per heavy atom. The summed E-state index contributed by atoms with van der Waals surface area (Å²) >= 11 is 0. The molecule has 1 atom stereocenters. The largest absolute Gasteiger partial charge is 0.506 e. The Morgan fingerprint density at radius 1 is 1.31 bits per heavy atom. The van der Waals surface area contributed by atoms with Gasteiger partial charge in [-0.3, -0.25) is 0 Å². The van der Waals surface area contributed by atoms with Crippen LogP contribution in [0, 0.1) is 0 Å². The van der Waals surface area contributed by atoms with E-state index in [4.69, 9.17) is 19.7 Å². The van der Waals surface area contributed by atoms with Gasteiger partial charge in [0.05, 0.1) is 33.0 Å². The number of aliphatic hydroxyl groups is 1. The Hall–Kier alpha value is -1.11. The number of hydrogen-bond donors (Lipinski definition) is 2. The van der Waals surface area contributed by atoms with E-state index in [0.717, 1.165) is 0 Å². The first kappa shape index (κ1) is 14.9. The van der Waals surface area contributed by atoms with E-state index >= 15 is 0 Å². The Morgan fingerprint density at radius 3 is 2.56 bits per heavy atom. The highest BCUT2D eigenvalue weighted by Gasteiger charge is 2.11. The highest BCUT2D eigenvalue weighted by molar-refractivity contribution is 5.57. The third-order valence-corrected chi connectivity index (χ3v) is 1.61. The van der Waals surface area contributed by atoms with Crippen molar-refractivity contribution < 1.29 is 29.2 Å². The zero-order valence-corrected chi connectivity index (χ0v) is 9.13. The average Bonchev–Trinajstić information content (AvgIpc) is 2.22. The second-order valence-corrected chi connectivity index (χ2v) is 2.94. The van der Waals surface area contributed by atoms with Crippen molar-refractivity contribution in [3.8, 4) is 0 Å². The number of aliphatic hydroxyl groups excluding tert-OH is 1. The fourth-order valence-electron chi connectivity index (χ4n) is 0.978. The standard InChI is InChI=1S/C10H18O6/c1-2-3-9(16-10(12)13)8-15-7-6-14-5-4-11/h2,9,11H,1,3-8H2,(H,12,13). The molecule has 0 fully saturated rings. The molecule has 0 amide bonds. The molecule has 0 aromatic heterocycles. The van der Waals surface area contributed by atoms with E-state index in [1.165, 1.54) is 0 Å². The summed E-state index contributed by atoms with van der Waals surface area (Å²) in [7, 11) is 0. The van der Waals surface area contributed by atoms with Crippen molar-refractivity contribution in [1.82, 2.24) is 0 Å². The summed E-state index contributed by atoms with van der Waals surface area (Å²) in [4.78, 5) is 10.3. The summed E-state index contributed by atoms with van der Waals surface area (Å²) < 4.78 is 14.7. The second-order valence-electron chi connectivity index (χ2n) is 2.94. The molecule has 0 bridgehead atoms. The maximum Gasteiger partial charge on any atom is 0.506 e. The van der Waals surface area contributed by atoms with Gasteiger partial charge in [-0.2, -0.15) is 0 Å². The topological polar surface area (TPSA) is 85.2 Å². The van der Waals surface area contributed by atoms with Crippen LogP contribution >= 0.6 is 0 Å². The normalized spacial score (nSPS) is 12.1. The van der Waals surface area contributed by atoms with Gasteiger partial charge in [-0.15, -0.1) is 6.58 Å². The van der Waals surface area contributed by atoms with Crippen LogP contribution in [-0.4, -0.2) is 55.5 Å². The number of rotatable bonds is 10. The molecule has 94 valence electrons. The van der Waals surface area contributed by atoms with E-state index in [0.29, 0.717) is 19.6 Å². The number of ether oxygens (including phenoxy) is 3. The van der Waals surface area contributed by atoms with Crippen LogP contribution in [0.5, 0.6) is 0 Å². The molecule has 0 radical (unpaired) electrons. The summed E-state index contributed by atoms with van der Waals surface area (Å²) in [5, 5.41) is 16.8. The molecule has 6 heteroatoms. The van der Waals surface area contributed by atoms with Crippen molar-refractivity contribution in [2.45, 2.75) is 12.5 Å². The molecular formula is C10H18O6. The van der Waals surface area contributed by atoms with Crippen LogP contribution in [0.15, 0.2) is 12.7 Å². The minimum atomic E-state index is -1.33. The summed E-state index contributed by atoms with van der Waals surface area (Å²) in [5.74, 6) is 0. The number of carbonyl (C=O) groups is 1. The molecule has 0 aliphatic heterocycles. The predicted octanol–water partition coefficient (Wildman–Crippen LogP) is 0.651. The van der Waals surface area contributed by atoms with Gasteiger partial charge in [0.15, 0.2) is 0 Å². The zero-order valence-electron chi connectivity index (χ0n) is 9.13. The van der Waals surface area contributed by atoms with Crippen molar-refractivity contribution in [2.75, 3.05) is 33.0 Å². The molecule has 0 rings (SSSR count). The lowest BCUT2D eigenvalue weighted by atomic mass is 10.3. The highest BCUT2D eigenvalue weighted by Crippen LogP contribution is 2.00. The quantitative estimate of drug-likeness (QED) is 0.328. The van der Waals surface area contributed by atoms with Gasteiger partial charge in [0.1, 0.15) is 6.10 Å². The molecular weight excluding hydrogens is 216 g/mol. The molecule has 1 unspecified atom stereocenters. The molecule has 0 saturated carbocycles. The Labute approximate surface area is 94.4 Å². The monoisotopic (exact) mass is 234 g/mol. The smallest absolute Gasteiger partial charge is 0.450 e. The third-order valence-electron chi connectivity index (χ3n) is 1.61. The van der Waals surface area contributed by atoms with Crippen LogP contribution in [0.3, 0.4) is 0 Å². The zero-order chi connectivity index (χ0) is 12.2. The van der Waals surface area contributed by atoms with Crippen molar-refractivity contribution in [2.24, 2.45) is 0 Å². The molecule has 0 spiro atoms. The second kappa shape index (κ2) is 10.4. The summed E-state index contributed by atoms with van der Waals surface area (Å²) in [6.07, 6.45) is 0.114. The van der Waals surface area contributed by atoms with Gasteiger partial charge in [0, 0.05) is 6.42 Å². The third kappa shape index (κ3) is 9.45. The van der Waals surface area contributed by atoms with Gasteiger partial charge in [-0.05, 0) is 0 Å². The van der Waals surface area contributed by atoms with Crippen molar-refractivity contribution >= 4 is 6.16 Å². The van der Waals surface area contributed by atoms with Crippen LogP contribution in [0.1, 0.15) is 6.42 Å². The molecule has 2 N–H and O–H groups in total. The average molecular weight is 234 g/mol. The SMILES string of the molecule is C=CCC(COCCOCCO)OC(=O)O. The fourth-order valence-corrected chi connectivity index (χ4v) is 0.978. The van der Waals surface area contributed by atoms with Gasteiger partial charge in [0.2, 0.25) is 0 Å². The lowest BCUT2D eigenvalue weighted by Gasteiger charge is -2.14. The van der Waals surface area contributed by atoms with Gasteiger partial charge >= 0.3 is 6.16 Å². The van der Waals surface area contributed by atoms with Crippen LogP contribution in [0.25, 0.3) is 0 Å². The van der Waals surface area contributed by atoms with E-state index in [2.05, 4.69) is 11.3 Å². The first-order chi connectivity index (χ1) is 7.70. The summed E-state index contributed by atoms with van der Waals surface area (Å²) in [6, 6.07) is 0. The predicted molar refractivity (Wildman–Crippen MR) is 56.4 cm³/mol. The van der Waals surface area contributed by atoms with Crippen LogP contribution in [0.4, 0.5) is 4.79 Å². The molecule has 0 aromatic rings. The van der Waals surface area contributed by atoms with Crippen molar-refractivity contribution in [3.05, 3.63) is 12.7 Å². The van der Waals surface area contributed by atoms with Crippen molar-refractivity contribution in [1.29, 1.82) is 0 Å². The summed E-state index contributed by atoms with van der Waals surface area (Å²) in [6.45, 7) is 4.59. The molecule has 0 aliphatic carbocycles. The minimum absolute atomic E-state index is 0.0266. The lowest BCUT2D eigenvalue weighted by Crippen LogP contribution is -2.23. The Bertz CT molecular complexity index is 194.